The molecule has 2 aromatic heterocycles. The van der Waals surface area contributed by atoms with E-state index in [2.05, 4.69) is 123 Å². The Balaban J connectivity index is 1.47. The van der Waals surface area contributed by atoms with Crippen molar-refractivity contribution in [3.05, 3.63) is 113 Å². The van der Waals surface area contributed by atoms with Crippen molar-refractivity contribution in [1.29, 1.82) is 0 Å². The van der Waals surface area contributed by atoms with E-state index in [0.29, 0.717) is 0 Å². The number of nitrogens with zero attached hydrogens (tertiary/aromatic N) is 1. The quantitative estimate of drug-likeness (QED) is 0.248. The van der Waals surface area contributed by atoms with Gasteiger partial charge in [0.2, 0.25) is 0 Å². The Hall–Kier alpha value is -4.10. The van der Waals surface area contributed by atoms with Crippen LogP contribution < -0.4 is 0 Å². The van der Waals surface area contributed by atoms with Gasteiger partial charge >= 0.3 is 0 Å². The van der Waals surface area contributed by atoms with Crippen molar-refractivity contribution in [2.24, 2.45) is 0 Å². The van der Waals surface area contributed by atoms with Gasteiger partial charge in [-0.3, -0.25) is 0 Å². The summed E-state index contributed by atoms with van der Waals surface area (Å²) in [6, 6.07) is 33.8. The van der Waals surface area contributed by atoms with Gasteiger partial charge in [-0.25, -0.2) is 0 Å². The molecule has 0 atom stereocenters. The summed E-state index contributed by atoms with van der Waals surface area (Å²) in [5, 5.41) is 5.32. The fourth-order valence-corrected chi connectivity index (χ4v) is 6.24. The number of hydrogen-bond acceptors (Lipinski definition) is 0. The standard InChI is InChI=1S/C34H27N/c1-20-9-7-10-21(2)33(20)29-18-22(3)28(17-23(29)4)24-15-16-32-30(19-24)27-13-8-12-26-25-11-5-6-14-31(25)35(32)34(26)27/h5-19H,1-4H3. The van der Waals surface area contributed by atoms with E-state index >= 15 is 0 Å². The van der Waals surface area contributed by atoms with Gasteiger partial charge in [0.25, 0.3) is 0 Å². The van der Waals surface area contributed by atoms with Crippen LogP contribution in [0.15, 0.2) is 91.0 Å². The fraction of sp³-hybridized carbons (Fsp3) is 0.118. The fourth-order valence-electron chi connectivity index (χ4n) is 6.24. The van der Waals surface area contributed by atoms with Crippen LogP contribution in [0.4, 0.5) is 0 Å². The molecule has 0 aliphatic carbocycles. The summed E-state index contributed by atoms with van der Waals surface area (Å²) in [6.07, 6.45) is 0. The number of rotatable bonds is 2. The third-order valence-electron chi connectivity index (χ3n) is 7.86. The lowest BCUT2D eigenvalue weighted by Crippen LogP contribution is -1.94. The van der Waals surface area contributed by atoms with Gasteiger partial charge in [0.05, 0.1) is 16.6 Å². The summed E-state index contributed by atoms with van der Waals surface area (Å²) >= 11 is 0. The monoisotopic (exact) mass is 449 g/mol. The minimum atomic E-state index is 1.28. The molecule has 0 aliphatic rings. The number of aromatic nitrogens is 1. The average molecular weight is 450 g/mol. The van der Waals surface area contributed by atoms with E-state index < -0.39 is 0 Å². The molecule has 0 amide bonds. The molecule has 0 unspecified atom stereocenters. The van der Waals surface area contributed by atoms with E-state index in [1.807, 2.05) is 0 Å². The normalized spacial score (nSPS) is 12.0. The van der Waals surface area contributed by atoms with Crippen molar-refractivity contribution in [2.75, 3.05) is 0 Å². The molecule has 0 spiro atoms. The number of fused-ring (bicyclic) bond motifs is 6. The molecule has 0 saturated carbocycles. The smallest absolute Gasteiger partial charge is 0.0620 e. The van der Waals surface area contributed by atoms with Crippen molar-refractivity contribution in [2.45, 2.75) is 27.7 Å². The zero-order chi connectivity index (χ0) is 23.8. The molecule has 35 heavy (non-hydrogen) atoms. The Morgan fingerprint density at radius 2 is 1.06 bits per heavy atom. The average Bonchev–Trinajstić information content (AvgIpc) is 3.37. The predicted molar refractivity (Wildman–Crippen MR) is 151 cm³/mol. The van der Waals surface area contributed by atoms with Crippen molar-refractivity contribution >= 4 is 38.1 Å². The lowest BCUT2D eigenvalue weighted by Gasteiger charge is -2.16. The number of aryl methyl sites for hydroxylation is 4. The first kappa shape index (κ1) is 20.3. The van der Waals surface area contributed by atoms with Crippen LogP contribution in [0.2, 0.25) is 0 Å². The molecule has 168 valence electrons. The van der Waals surface area contributed by atoms with Crippen LogP contribution in [0.3, 0.4) is 0 Å². The van der Waals surface area contributed by atoms with Gasteiger partial charge in [0.15, 0.2) is 0 Å². The first-order valence-corrected chi connectivity index (χ1v) is 12.4. The van der Waals surface area contributed by atoms with E-state index in [4.69, 9.17) is 0 Å². The van der Waals surface area contributed by atoms with E-state index in [9.17, 15) is 0 Å². The van der Waals surface area contributed by atoms with Gasteiger partial charge in [-0.15, -0.1) is 0 Å². The molecule has 0 radical (unpaired) electrons. The molecule has 5 aromatic carbocycles. The predicted octanol–water partition coefficient (Wildman–Crippen LogP) is 9.40. The maximum absolute atomic E-state index is 2.45. The molecule has 0 aliphatic heterocycles. The highest BCUT2D eigenvalue weighted by atomic mass is 14.9. The third-order valence-corrected chi connectivity index (χ3v) is 7.86. The second-order valence-electron chi connectivity index (χ2n) is 10.0. The number of para-hydroxylation sites is 2. The lowest BCUT2D eigenvalue weighted by atomic mass is 9.88. The summed E-state index contributed by atoms with van der Waals surface area (Å²) < 4.78 is 2.45. The molecular weight excluding hydrogens is 422 g/mol. The molecule has 0 N–H and O–H groups in total. The van der Waals surface area contributed by atoms with Crippen LogP contribution in [-0.4, -0.2) is 4.40 Å². The van der Waals surface area contributed by atoms with Crippen LogP contribution in [0.5, 0.6) is 0 Å². The van der Waals surface area contributed by atoms with Crippen molar-refractivity contribution < 1.29 is 0 Å². The van der Waals surface area contributed by atoms with Gasteiger partial charge in [0, 0.05) is 21.5 Å². The summed E-state index contributed by atoms with van der Waals surface area (Å²) in [4.78, 5) is 0. The van der Waals surface area contributed by atoms with Crippen molar-refractivity contribution in [3.8, 4) is 22.3 Å². The van der Waals surface area contributed by atoms with Crippen LogP contribution in [-0.2, 0) is 0 Å². The zero-order valence-electron chi connectivity index (χ0n) is 20.6. The maximum atomic E-state index is 2.45. The Labute approximate surface area is 205 Å². The van der Waals surface area contributed by atoms with E-state index in [1.165, 1.54) is 82.6 Å². The molecular formula is C34H27N. The summed E-state index contributed by atoms with van der Waals surface area (Å²) in [7, 11) is 0. The van der Waals surface area contributed by atoms with E-state index in [1.54, 1.807) is 0 Å². The van der Waals surface area contributed by atoms with Gasteiger partial charge < -0.3 is 4.40 Å². The highest BCUT2D eigenvalue weighted by Gasteiger charge is 2.18. The maximum Gasteiger partial charge on any atom is 0.0620 e. The molecule has 7 aromatic rings. The minimum Gasteiger partial charge on any atom is -0.308 e. The van der Waals surface area contributed by atoms with Gasteiger partial charge in [-0.2, -0.15) is 0 Å². The Bertz CT molecular complexity index is 1910. The molecule has 1 nitrogen and oxygen atoms in total. The highest BCUT2D eigenvalue weighted by molar-refractivity contribution is 6.23. The van der Waals surface area contributed by atoms with Gasteiger partial charge in [-0.1, -0.05) is 72.8 Å². The second-order valence-corrected chi connectivity index (χ2v) is 10.0. The minimum absolute atomic E-state index is 1.28. The van der Waals surface area contributed by atoms with Crippen LogP contribution >= 0.6 is 0 Å². The molecule has 1 heteroatoms. The molecule has 7 rings (SSSR count). The van der Waals surface area contributed by atoms with Gasteiger partial charge in [-0.05, 0) is 90.4 Å². The van der Waals surface area contributed by atoms with Crippen LogP contribution in [0, 0.1) is 27.7 Å². The first-order valence-electron chi connectivity index (χ1n) is 12.4. The molecule has 0 saturated heterocycles. The lowest BCUT2D eigenvalue weighted by molar-refractivity contribution is 1.33. The summed E-state index contributed by atoms with van der Waals surface area (Å²) in [6.45, 7) is 8.92. The largest absolute Gasteiger partial charge is 0.308 e. The molecule has 0 bridgehead atoms. The molecule has 0 fully saturated rings. The topological polar surface area (TPSA) is 4.41 Å². The SMILES string of the molecule is Cc1cc(-c2c(C)cccc2C)c(C)cc1-c1ccc2c(c1)c1cccc3c4ccccc4n2c31. The summed E-state index contributed by atoms with van der Waals surface area (Å²) in [5.74, 6) is 0. The van der Waals surface area contributed by atoms with E-state index in [0.717, 1.165) is 0 Å². The van der Waals surface area contributed by atoms with Crippen molar-refractivity contribution in [3.63, 3.8) is 0 Å². The Morgan fingerprint density at radius 1 is 0.457 bits per heavy atom. The third kappa shape index (κ3) is 2.76. The number of hydrogen-bond donors (Lipinski definition) is 0. The van der Waals surface area contributed by atoms with Crippen LogP contribution in [0.1, 0.15) is 22.3 Å². The summed E-state index contributed by atoms with van der Waals surface area (Å²) in [5.41, 5.74) is 14.5. The van der Waals surface area contributed by atoms with E-state index in [-0.39, 0.29) is 0 Å². The number of benzene rings is 5. The molecule has 2 heterocycles. The Kier molecular flexibility index (Phi) is 4.17. The van der Waals surface area contributed by atoms with Crippen LogP contribution in [0.25, 0.3) is 60.3 Å². The first-order chi connectivity index (χ1) is 17.0. The zero-order valence-corrected chi connectivity index (χ0v) is 20.6. The second kappa shape index (κ2) is 7.20. The van der Waals surface area contributed by atoms with Gasteiger partial charge in [0.1, 0.15) is 0 Å². The highest BCUT2D eigenvalue weighted by Crippen LogP contribution is 2.41. The Morgan fingerprint density at radius 3 is 1.86 bits per heavy atom. The van der Waals surface area contributed by atoms with Crippen molar-refractivity contribution in [1.82, 2.24) is 4.40 Å².